The fraction of sp³-hybridized carbons (Fsp3) is 0.364. The minimum atomic E-state index is -0.198. The van der Waals surface area contributed by atoms with Crippen molar-refractivity contribution in [2.75, 3.05) is 21.0 Å². The zero-order chi connectivity index (χ0) is 12.0. The third kappa shape index (κ3) is 3.48. The van der Waals surface area contributed by atoms with Crippen LogP contribution < -0.4 is 5.32 Å². The van der Waals surface area contributed by atoms with Crippen LogP contribution in [-0.2, 0) is 16.1 Å². The zero-order valence-corrected chi connectivity index (χ0v) is 10.0. The molecule has 1 aromatic rings. The Morgan fingerprint density at radius 2 is 2.12 bits per heavy atom. The highest BCUT2D eigenvalue weighted by atomic mass is 35.5. The van der Waals surface area contributed by atoms with Crippen LogP contribution >= 0.6 is 11.6 Å². The van der Waals surface area contributed by atoms with Crippen molar-refractivity contribution in [1.29, 1.82) is 0 Å². The standard InChI is InChI=1S/C11H14ClNO3/c1-15-6-9-5-8(3-4-10(9)12)11(14)13-7-16-2/h3-5H,6-7H2,1-2H3,(H,13,14). The Balaban J connectivity index is 2.81. The second-order valence-electron chi connectivity index (χ2n) is 3.18. The SMILES string of the molecule is COCNC(=O)c1ccc(Cl)c(COC)c1. The quantitative estimate of drug-likeness (QED) is 0.803. The average molecular weight is 244 g/mol. The smallest absolute Gasteiger partial charge is 0.253 e. The van der Waals surface area contributed by atoms with E-state index in [0.717, 1.165) is 5.56 Å². The van der Waals surface area contributed by atoms with Gasteiger partial charge < -0.3 is 14.8 Å². The highest BCUT2D eigenvalue weighted by Crippen LogP contribution is 2.18. The van der Waals surface area contributed by atoms with E-state index in [1.165, 1.54) is 7.11 Å². The van der Waals surface area contributed by atoms with Crippen LogP contribution in [0.25, 0.3) is 0 Å². The molecule has 1 amide bonds. The van der Waals surface area contributed by atoms with Crippen molar-refractivity contribution in [2.45, 2.75) is 6.61 Å². The molecule has 88 valence electrons. The lowest BCUT2D eigenvalue weighted by molar-refractivity contribution is 0.0872. The van der Waals surface area contributed by atoms with E-state index in [4.69, 9.17) is 21.1 Å². The Morgan fingerprint density at radius 3 is 2.75 bits per heavy atom. The fourth-order valence-corrected chi connectivity index (χ4v) is 1.39. The first-order chi connectivity index (χ1) is 7.69. The van der Waals surface area contributed by atoms with Gasteiger partial charge in [-0.3, -0.25) is 4.79 Å². The highest BCUT2D eigenvalue weighted by Gasteiger charge is 2.08. The van der Waals surface area contributed by atoms with Crippen LogP contribution in [0.5, 0.6) is 0 Å². The summed E-state index contributed by atoms with van der Waals surface area (Å²) in [6, 6.07) is 5.04. The Bertz CT molecular complexity index is 368. The fourth-order valence-electron chi connectivity index (χ4n) is 1.22. The van der Waals surface area contributed by atoms with Crippen molar-refractivity contribution < 1.29 is 14.3 Å². The molecular formula is C11H14ClNO3. The third-order valence-electron chi connectivity index (χ3n) is 1.98. The van der Waals surface area contributed by atoms with Crippen molar-refractivity contribution in [3.8, 4) is 0 Å². The largest absolute Gasteiger partial charge is 0.380 e. The Morgan fingerprint density at radius 1 is 1.38 bits per heavy atom. The summed E-state index contributed by atoms with van der Waals surface area (Å²) < 4.78 is 9.74. The lowest BCUT2D eigenvalue weighted by Crippen LogP contribution is -2.25. The lowest BCUT2D eigenvalue weighted by Gasteiger charge is -2.07. The Hall–Kier alpha value is -1.10. The molecule has 16 heavy (non-hydrogen) atoms. The molecule has 0 radical (unpaired) electrons. The number of hydrogen-bond donors (Lipinski definition) is 1. The first kappa shape index (κ1) is 13.0. The summed E-state index contributed by atoms with van der Waals surface area (Å²) in [4.78, 5) is 11.6. The molecule has 5 heteroatoms. The van der Waals surface area contributed by atoms with Crippen molar-refractivity contribution in [2.24, 2.45) is 0 Å². The van der Waals surface area contributed by atoms with Gasteiger partial charge in [0.05, 0.1) is 6.61 Å². The monoisotopic (exact) mass is 243 g/mol. The molecule has 0 bridgehead atoms. The third-order valence-corrected chi connectivity index (χ3v) is 2.35. The predicted molar refractivity (Wildman–Crippen MR) is 61.5 cm³/mol. The molecule has 1 aromatic carbocycles. The molecular weight excluding hydrogens is 230 g/mol. The summed E-state index contributed by atoms with van der Waals surface area (Å²) in [7, 11) is 3.09. The van der Waals surface area contributed by atoms with E-state index in [1.54, 1.807) is 25.3 Å². The van der Waals surface area contributed by atoms with Gasteiger partial charge in [-0.2, -0.15) is 0 Å². The van der Waals surface area contributed by atoms with Crippen LogP contribution in [0.15, 0.2) is 18.2 Å². The van der Waals surface area contributed by atoms with Gasteiger partial charge in [-0.15, -0.1) is 0 Å². The van der Waals surface area contributed by atoms with E-state index in [9.17, 15) is 4.79 Å². The summed E-state index contributed by atoms with van der Waals surface area (Å²) in [5, 5.41) is 3.18. The predicted octanol–water partition coefficient (Wildman–Crippen LogP) is 1.82. The first-order valence-electron chi connectivity index (χ1n) is 4.73. The molecule has 0 fully saturated rings. The normalized spacial score (nSPS) is 10.2. The number of ether oxygens (including phenoxy) is 2. The number of nitrogens with one attached hydrogen (secondary N) is 1. The van der Waals surface area contributed by atoms with Crippen LogP contribution in [0.2, 0.25) is 5.02 Å². The molecule has 4 nitrogen and oxygen atoms in total. The molecule has 0 saturated heterocycles. The molecule has 0 aliphatic rings. The molecule has 0 atom stereocenters. The topological polar surface area (TPSA) is 47.6 Å². The van der Waals surface area contributed by atoms with E-state index < -0.39 is 0 Å². The number of amides is 1. The molecule has 0 aliphatic carbocycles. The van der Waals surface area contributed by atoms with Crippen molar-refractivity contribution in [3.05, 3.63) is 34.3 Å². The van der Waals surface area contributed by atoms with Gasteiger partial charge in [0.25, 0.3) is 5.91 Å². The van der Waals surface area contributed by atoms with E-state index in [0.29, 0.717) is 17.2 Å². The summed E-state index contributed by atoms with van der Waals surface area (Å²) in [5.41, 5.74) is 1.32. The Labute approximate surface area is 99.5 Å². The van der Waals surface area contributed by atoms with Gasteiger partial charge in [-0.05, 0) is 23.8 Å². The van der Waals surface area contributed by atoms with Crippen LogP contribution in [0.1, 0.15) is 15.9 Å². The molecule has 0 aromatic heterocycles. The van der Waals surface area contributed by atoms with Crippen LogP contribution in [0, 0.1) is 0 Å². The lowest BCUT2D eigenvalue weighted by atomic mass is 10.1. The second kappa shape index (κ2) is 6.48. The van der Waals surface area contributed by atoms with Crippen molar-refractivity contribution in [1.82, 2.24) is 5.32 Å². The first-order valence-corrected chi connectivity index (χ1v) is 5.11. The summed E-state index contributed by atoms with van der Waals surface area (Å²) in [5.74, 6) is -0.198. The molecule has 0 unspecified atom stereocenters. The Kier molecular flexibility index (Phi) is 5.25. The van der Waals surface area contributed by atoms with Crippen molar-refractivity contribution >= 4 is 17.5 Å². The van der Waals surface area contributed by atoms with E-state index >= 15 is 0 Å². The molecule has 0 aliphatic heterocycles. The van der Waals surface area contributed by atoms with Gasteiger partial charge in [0.1, 0.15) is 6.73 Å². The maximum atomic E-state index is 11.6. The van der Waals surface area contributed by atoms with Gasteiger partial charge in [-0.1, -0.05) is 11.6 Å². The number of methoxy groups -OCH3 is 2. The highest BCUT2D eigenvalue weighted by molar-refractivity contribution is 6.31. The molecule has 0 spiro atoms. The van der Waals surface area contributed by atoms with Crippen molar-refractivity contribution in [3.63, 3.8) is 0 Å². The van der Waals surface area contributed by atoms with E-state index in [2.05, 4.69) is 5.32 Å². The number of rotatable bonds is 5. The molecule has 1 N–H and O–H groups in total. The average Bonchev–Trinajstić information content (AvgIpc) is 2.29. The molecule has 0 heterocycles. The number of benzene rings is 1. The van der Waals surface area contributed by atoms with Crippen LogP contribution in [0.4, 0.5) is 0 Å². The number of hydrogen-bond acceptors (Lipinski definition) is 3. The van der Waals surface area contributed by atoms with E-state index in [1.807, 2.05) is 0 Å². The minimum Gasteiger partial charge on any atom is -0.380 e. The second-order valence-corrected chi connectivity index (χ2v) is 3.59. The maximum Gasteiger partial charge on any atom is 0.253 e. The number of carbonyl (C=O) groups is 1. The zero-order valence-electron chi connectivity index (χ0n) is 9.25. The van der Waals surface area contributed by atoms with Crippen LogP contribution in [0.3, 0.4) is 0 Å². The van der Waals surface area contributed by atoms with Gasteiger partial charge in [-0.25, -0.2) is 0 Å². The number of halogens is 1. The number of carbonyl (C=O) groups excluding carboxylic acids is 1. The van der Waals surface area contributed by atoms with Crippen LogP contribution in [-0.4, -0.2) is 26.9 Å². The minimum absolute atomic E-state index is 0.182. The van der Waals surface area contributed by atoms with Gasteiger partial charge in [0, 0.05) is 24.8 Å². The summed E-state index contributed by atoms with van der Waals surface area (Å²) in [6.45, 7) is 0.561. The summed E-state index contributed by atoms with van der Waals surface area (Å²) in [6.07, 6.45) is 0. The maximum absolute atomic E-state index is 11.6. The molecule has 0 saturated carbocycles. The van der Waals surface area contributed by atoms with Gasteiger partial charge in [0.2, 0.25) is 0 Å². The van der Waals surface area contributed by atoms with Gasteiger partial charge in [0.15, 0.2) is 0 Å². The molecule has 1 rings (SSSR count). The van der Waals surface area contributed by atoms with E-state index in [-0.39, 0.29) is 12.6 Å². The van der Waals surface area contributed by atoms with Gasteiger partial charge >= 0.3 is 0 Å². The summed E-state index contributed by atoms with van der Waals surface area (Å²) >= 11 is 5.95.